The van der Waals surface area contributed by atoms with Gasteiger partial charge in [0.05, 0.1) is 18.7 Å². The number of benzene rings is 3. The van der Waals surface area contributed by atoms with Crippen LogP contribution in [0.5, 0.6) is 5.75 Å². The molecule has 0 saturated carbocycles. The second-order valence-electron chi connectivity index (χ2n) is 4.90. The largest absolute Gasteiger partial charge is 0.496 e. The second kappa shape index (κ2) is 6.15. The maximum atomic E-state index is 9.37. The van der Waals surface area contributed by atoms with Crippen molar-refractivity contribution in [2.75, 3.05) is 7.11 Å². The third kappa shape index (κ3) is 2.45. The summed E-state index contributed by atoms with van der Waals surface area (Å²) in [6.07, 6.45) is 0. The van der Waals surface area contributed by atoms with Crippen molar-refractivity contribution in [3.63, 3.8) is 0 Å². The fraction of sp³-hybridized carbons (Fsp3) is 0.0500. The zero-order valence-electron chi connectivity index (χ0n) is 12.3. The molecule has 22 heavy (non-hydrogen) atoms. The van der Waals surface area contributed by atoms with E-state index in [0.717, 1.165) is 28.0 Å². The van der Waals surface area contributed by atoms with E-state index in [9.17, 15) is 5.26 Å². The number of rotatable bonds is 3. The Morgan fingerprint density at radius 1 is 0.682 bits per heavy atom. The van der Waals surface area contributed by atoms with E-state index in [1.54, 1.807) is 7.11 Å². The van der Waals surface area contributed by atoms with Crippen molar-refractivity contribution in [1.82, 2.24) is 0 Å². The Hall–Kier alpha value is -3.05. The minimum Gasteiger partial charge on any atom is -0.496 e. The molecule has 0 spiro atoms. The van der Waals surface area contributed by atoms with E-state index < -0.39 is 0 Å². The van der Waals surface area contributed by atoms with Crippen LogP contribution in [0.25, 0.3) is 22.3 Å². The van der Waals surface area contributed by atoms with Gasteiger partial charge in [-0.15, -0.1) is 0 Å². The first-order valence-electron chi connectivity index (χ1n) is 7.07. The average Bonchev–Trinajstić information content (AvgIpc) is 2.61. The SMILES string of the molecule is COc1ccccc1-c1ccccc1-c1ccccc1C#N. The monoisotopic (exact) mass is 285 g/mol. The maximum absolute atomic E-state index is 9.37. The summed E-state index contributed by atoms with van der Waals surface area (Å²) in [5.74, 6) is 0.824. The molecular formula is C20H15NO. The fourth-order valence-electron chi connectivity index (χ4n) is 2.64. The van der Waals surface area contributed by atoms with E-state index in [4.69, 9.17) is 4.74 Å². The van der Waals surface area contributed by atoms with Crippen LogP contribution in [0.4, 0.5) is 0 Å². The van der Waals surface area contributed by atoms with Crippen LogP contribution in [0.2, 0.25) is 0 Å². The van der Waals surface area contributed by atoms with E-state index in [1.165, 1.54) is 0 Å². The quantitative estimate of drug-likeness (QED) is 0.685. The van der Waals surface area contributed by atoms with Crippen LogP contribution in [0.3, 0.4) is 0 Å². The molecule has 0 heterocycles. The molecule has 0 aliphatic carbocycles. The zero-order valence-corrected chi connectivity index (χ0v) is 12.3. The van der Waals surface area contributed by atoms with Crippen molar-refractivity contribution in [2.45, 2.75) is 0 Å². The zero-order chi connectivity index (χ0) is 15.4. The van der Waals surface area contributed by atoms with E-state index in [2.05, 4.69) is 12.1 Å². The summed E-state index contributed by atoms with van der Waals surface area (Å²) < 4.78 is 5.48. The fourth-order valence-corrected chi connectivity index (χ4v) is 2.64. The van der Waals surface area contributed by atoms with Gasteiger partial charge in [0.1, 0.15) is 5.75 Å². The molecule has 0 amide bonds. The number of para-hydroxylation sites is 1. The van der Waals surface area contributed by atoms with Gasteiger partial charge in [-0.1, -0.05) is 60.7 Å². The van der Waals surface area contributed by atoms with Crippen LogP contribution in [0.15, 0.2) is 72.8 Å². The van der Waals surface area contributed by atoms with Gasteiger partial charge in [0.2, 0.25) is 0 Å². The first kappa shape index (κ1) is 13.9. The Kier molecular flexibility index (Phi) is 3.89. The van der Waals surface area contributed by atoms with Gasteiger partial charge in [0, 0.05) is 11.1 Å². The Labute approximate surface area is 130 Å². The van der Waals surface area contributed by atoms with Gasteiger partial charge < -0.3 is 4.74 Å². The average molecular weight is 285 g/mol. The van der Waals surface area contributed by atoms with Crippen LogP contribution < -0.4 is 4.74 Å². The molecule has 2 nitrogen and oxygen atoms in total. The number of hydrogen-bond acceptors (Lipinski definition) is 2. The summed E-state index contributed by atoms with van der Waals surface area (Å²) in [6, 6.07) is 25.9. The predicted octanol–water partition coefficient (Wildman–Crippen LogP) is 4.90. The molecule has 0 aromatic heterocycles. The number of ether oxygens (including phenoxy) is 1. The lowest BCUT2D eigenvalue weighted by Gasteiger charge is -2.14. The Bertz CT molecular complexity index is 846. The first-order chi connectivity index (χ1) is 10.8. The Morgan fingerprint density at radius 3 is 1.82 bits per heavy atom. The molecule has 3 aromatic rings. The van der Waals surface area contributed by atoms with Crippen molar-refractivity contribution >= 4 is 0 Å². The lowest BCUT2D eigenvalue weighted by atomic mass is 9.92. The van der Waals surface area contributed by atoms with Crippen molar-refractivity contribution in [3.8, 4) is 34.1 Å². The highest BCUT2D eigenvalue weighted by molar-refractivity contribution is 5.87. The minimum atomic E-state index is 0.671. The number of nitrogens with zero attached hydrogens (tertiary/aromatic N) is 1. The van der Waals surface area contributed by atoms with Gasteiger partial charge in [0.15, 0.2) is 0 Å². The van der Waals surface area contributed by atoms with Crippen LogP contribution >= 0.6 is 0 Å². The minimum absolute atomic E-state index is 0.671. The van der Waals surface area contributed by atoms with Crippen LogP contribution in [-0.2, 0) is 0 Å². The molecule has 0 fully saturated rings. The summed E-state index contributed by atoms with van der Waals surface area (Å²) in [7, 11) is 1.67. The highest BCUT2D eigenvalue weighted by Crippen LogP contribution is 2.37. The van der Waals surface area contributed by atoms with Gasteiger partial charge in [-0.2, -0.15) is 5.26 Å². The molecule has 0 aliphatic rings. The van der Waals surface area contributed by atoms with Crippen LogP contribution in [-0.4, -0.2) is 7.11 Å². The summed E-state index contributed by atoms with van der Waals surface area (Å²) in [6.45, 7) is 0. The molecular weight excluding hydrogens is 270 g/mol. The molecule has 0 N–H and O–H groups in total. The Balaban J connectivity index is 2.26. The molecule has 3 rings (SSSR count). The van der Waals surface area contributed by atoms with Gasteiger partial charge in [0.25, 0.3) is 0 Å². The molecule has 3 aromatic carbocycles. The van der Waals surface area contributed by atoms with Crippen molar-refractivity contribution in [1.29, 1.82) is 5.26 Å². The van der Waals surface area contributed by atoms with E-state index >= 15 is 0 Å². The highest BCUT2D eigenvalue weighted by atomic mass is 16.5. The van der Waals surface area contributed by atoms with E-state index in [0.29, 0.717) is 5.56 Å². The van der Waals surface area contributed by atoms with Gasteiger partial charge in [-0.3, -0.25) is 0 Å². The lowest BCUT2D eigenvalue weighted by molar-refractivity contribution is 0.416. The van der Waals surface area contributed by atoms with Gasteiger partial charge in [-0.25, -0.2) is 0 Å². The number of methoxy groups -OCH3 is 1. The van der Waals surface area contributed by atoms with Crippen molar-refractivity contribution < 1.29 is 4.74 Å². The smallest absolute Gasteiger partial charge is 0.126 e. The number of nitriles is 1. The van der Waals surface area contributed by atoms with Crippen LogP contribution in [0, 0.1) is 11.3 Å². The third-order valence-electron chi connectivity index (χ3n) is 3.66. The topological polar surface area (TPSA) is 33.0 Å². The van der Waals surface area contributed by atoms with Gasteiger partial charge in [-0.05, 0) is 23.3 Å². The summed E-state index contributed by atoms with van der Waals surface area (Å²) in [5.41, 5.74) is 4.72. The predicted molar refractivity (Wildman–Crippen MR) is 88.6 cm³/mol. The number of hydrogen-bond donors (Lipinski definition) is 0. The van der Waals surface area contributed by atoms with E-state index in [1.807, 2.05) is 66.7 Å². The molecule has 0 atom stereocenters. The first-order valence-corrected chi connectivity index (χ1v) is 7.07. The normalized spacial score (nSPS) is 10.0. The standard InChI is InChI=1S/C20H15NO/c1-22-20-13-7-6-12-19(20)18-11-5-4-10-17(18)16-9-3-2-8-15(16)14-21/h2-13H,1H3. The van der Waals surface area contributed by atoms with Gasteiger partial charge >= 0.3 is 0 Å². The molecule has 106 valence electrons. The van der Waals surface area contributed by atoms with Crippen LogP contribution in [0.1, 0.15) is 5.56 Å². The second-order valence-corrected chi connectivity index (χ2v) is 4.90. The third-order valence-corrected chi connectivity index (χ3v) is 3.66. The Morgan fingerprint density at radius 2 is 1.18 bits per heavy atom. The van der Waals surface area contributed by atoms with Crippen molar-refractivity contribution in [3.05, 3.63) is 78.4 Å². The molecule has 0 saturated heterocycles. The molecule has 2 heteroatoms. The van der Waals surface area contributed by atoms with Crippen molar-refractivity contribution in [2.24, 2.45) is 0 Å². The summed E-state index contributed by atoms with van der Waals surface area (Å²) >= 11 is 0. The summed E-state index contributed by atoms with van der Waals surface area (Å²) in [4.78, 5) is 0. The highest BCUT2D eigenvalue weighted by Gasteiger charge is 2.13. The maximum Gasteiger partial charge on any atom is 0.126 e. The molecule has 0 radical (unpaired) electrons. The molecule has 0 bridgehead atoms. The lowest BCUT2D eigenvalue weighted by Crippen LogP contribution is -1.91. The molecule has 0 unspecified atom stereocenters. The molecule has 0 aliphatic heterocycles. The summed E-state index contributed by atoms with van der Waals surface area (Å²) in [5, 5.41) is 9.37. The van der Waals surface area contributed by atoms with E-state index in [-0.39, 0.29) is 0 Å².